The van der Waals surface area contributed by atoms with Crippen LogP contribution in [0.1, 0.15) is 62.4 Å². The summed E-state index contributed by atoms with van der Waals surface area (Å²) in [6.07, 6.45) is 8.13. The van der Waals surface area contributed by atoms with E-state index in [1.165, 1.54) is 19.3 Å². The summed E-state index contributed by atoms with van der Waals surface area (Å²) in [5, 5.41) is 4.80. The number of nitrogens with zero attached hydrogens (tertiary/aromatic N) is 5. The number of H-pyrrole nitrogens is 1. The quantitative estimate of drug-likeness (QED) is 0.615. The number of aromatic amines is 1. The van der Waals surface area contributed by atoms with Gasteiger partial charge in [-0.3, -0.25) is 4.79 Å². The van der Waals surface area contributed by atoms with Crippen LogP contribution in [0.3, 0.4) is 0 Å². The molecule has 2 fully saturated rings. The first kappa shape index (κ1) is 22.9. The van der Waals surface area contributed by atoms with Gasteiger partial charge < -0.3 is 19.5 Å². The predicted octanol–water partition coefficient (Wildman–Crippen LogP) is 3.98. The second-order valence-corrected chi connectivity index (χ2v) is 10.0. The summed E-state index contributed by atoms with van der Waals surface area (Å²) in [7, 11) is 5.98. The summed E-state index contributed by atoms with van der Waals surface area (Å²) in [6.45, 7) is 3.96. The van der Waals surface area contributed by atoms with Crippen LogP contribution in [0.25, 0.3) is 16.9 Å². The average Bonchev–Trinajstić information content (AvgIpc) is 3.21. The lowest BCUT2D eigenvalue weighted by Gasteiger charge is -2.36. The van der Waals surface area contributed by atoms with Crippen molar-refractivity contribution in [2.24, 2.45) is 0 Å². The number of ether oxygens (including phenoxy) is 1. The van der Waals surface area contributed by atoms with Crippen LogP contribution in [0, 0.1) is 6.92 Å². The average molecular weight is 465 g/mol. The number of benzene rings is 1. The molecule has 0 bridgehead atoms. The molecule has 0 radical (unpaired) electrons. The van der Waals surface area contributed by atoms with Gasteiger partial charge in [-0.25, -0.2) is 9.50 Å². The second kappa shape index (κ2) is 9.41. The molecule has 3 aromatic rings. The zero-order chi connectivity index (χ0) is 23.8. The topological polar surface area (TPSA) is 78.8 Å². The third-order valence-corrected chi connectivity index (χ3v) is 7.68. The monoisotopic (exact) mass is 464 g/mol. The predicted molar refractivity (Wildman–Crippen MR) is 135 cm³/mol. The molecule has 182 valence electrons. The Morgan fingerprint density at radius 1 is 1.09 bits per heavy atom. The summed E-state index contributed by atoms with van der Waals surface area (Å²) >= 11 is 0. The van der Waals surface area contributed by atoms with Crippen LogP contribution < -0.4 is 15.2 Å². The van der Waals surface area contributed by atoms with Crippen LogP contribution in [0.4, 0.5) is 5.69 Å². The number of rotatable bonds is 5. The van der Waals surface area contributed by atoms with Crippen LogP contribution >= 0.6 is 0 Å². The highest BCUT2D eigenvalue weighted by atomic mass is 16.5. The molecule has 2 aliphatic rings. The first-order chi connectivity index (χ1) is 16.5. The largest absolute Gasteiger partial charge is 0.496 e. The van der Waals surface area contributed by atoms with Gasteiger partial charge in [-0.1, -0.05) is 19.3 Å². The Bertz CT molecular complexity index is 1220. The number of piperidine rings is 1. The maximum absolute atomic E-state index is 13.2. The third-order valence-electron chi connectivity index (χ3n) is 7.68. The molecular weight excluding hydrogens is 428 g/mol. The van der Waals surface area contributed by atoms with E-state index in [9.17, 15) is 4.79 Å². The van der Waals surface area contributed by atoms with Crippen molar-refractivity contribution in [2.45, 2.75) is 63.8 Å². The molecule has 34 heavy (non-hydrogen) atoms. The number of hydrogen-bond acceptors (Lipinski definition) is 6. The van der Waals surface area contributed by atoms with E-state index in [4.69, 9.17) is 14.8 Å². The Labute approximate surface area is 200 Å². The van der Waals surface area contributed by atoms with E-state index in [1.807, 2.05) is 13.0 Å². The van der Waals surface area contributed by atoms with Gasteiger partial charge in [0, 0.05) is 36.8 Å². The van der Waals surface area contributed by atoms with E-state index in [2.05, 4.69) is 41.0 Å². The lowest BCUT2D eigenvalue weighted by molar-refractivity contribution is 0.249. The molecule has 8 nitrogen and oxygen atoms in total. The maximum atomic E-state index is 13.2. The van der Waals surface area contributed by atoms with Gasteiger partial charge in [-0.15, -0.1) is 5.10 Å². The minimum absolute atomic E-state index is 0.136. The minimum atomic E-state index is -0.136. The van der Waals surface area contributed by atoms with Gasteiger partial charge in [-0.05, 0) is 58.8 Å². The summed E-state index contributed by atoms with van der Waals surface area (Å²) < 4.78 is 7.47. The Balaban J connectivity index is 1.47. The lowest BCUT2D eigenvalue weighted by atomic mass is 9.87. The molecule has 1 saturated heterocycles. The minimum Gasteiger partial charge on any atom is -0.496 e. The van der Waals surface area contributed by atoms with Crippen molar-refractivity contribution in [1.82, 2.24) is 24.5 Å². The highest BCUT2D eigenvalue weighted by Crippen LogP contribution is 2.35. The van der Waals surface area contributed by atoms with E-state index in [1.54, 1.807) is 11.6 Å². The number of hydrogen-bond donors (Lipinski definition) is 1. The molecule has 3 heterocycles. The van der Waals surface area contributed by atoms with Gasteiger partial charge in [-0.2, -0.15) is 0 Å². The van der Waals surface area contributed by atoms with E-state index in [0.717, 1.165) is 61.5 Å². The Morgan fingerprint density at radius 3 is 2.50 bits per heavy atom. The lowest BCUT2D eigenvalue weighted by Crippen LogP contribution is -2.41. The highest BCUT2D eigenvalue weighted by molar-refractivity contribution is 5.70. The molecule has 0 atom stereocenters. The van der Waals surface area contributed by atoms with Gasteiger partial charge in [0.15, 0.2) is 11.3 Å². The fourth-order valence-corrected chi connectivity index (χ4v) is 5.67. The number of anilines is 1. The molecule has 0 unspecified atom stereocenters. The summed E-state index contributed by atoms with van der Waals surface area (Å²) in [4.78, 5) is 25.8. The zero-order valence-electron chi connectivity index (χ0n) is 20.8. The fraction of sp³-hybridized carbons (Fsp3) is 0.577. The number of nitrogens with one attached hydrogen (secondary N) is 1. The molecule has 0 spiro atoms. The van der Waals surface area contributed by atoms with E-state index < -0.39 is 0 Å². The standard InChI is InChI=1S/C26H36N6O2/c1-17-27-23(18-8-6-5-7-9-18)24-26(33)28-25(29-32(17)24)21-11-10-20(16-22(21)34-4)31-14-12-19(13-15-31)30(2)3/h10-11,16,18-19H,5-9,12-15H2,1-4H3,(H,28,29,33). The second-order valence-electron chi connectivity index (χ2n) is 10.0. The van der Waals surface area contributed by atoms with E-state index in [-0.39, 0.29) is 5.56 Å². The van der Waals surface area contributed by atoms with Crippen LogP contribution in [0.5, 0.6) is 5.75 Å². The van der Waals surface area contributed by atoms with Crippen molar-refractivity contribution in [3.05, 3.63) is 40.1 Å². The van der Waals surface area contributed by atoms with Gasteiger partial charge in [0.2, 0.25) is 0 Å². The Kier molecular flexibility index (Phi) is 6.34. The summed E-state index contributed by atoms with van der Waals surface area (Å²) in [5.74, 6) is 2.31. The Hall–Kier alpha value is -2.87. The number of methoxy groups -OCH3 is 1. The van der Waals surface area contributed by atoms with Crippen LogP contribution in [0.15, 0.2) is 23.0 Å². The molecule has 1 aromatic carbocycles. The van der Waals surface area contributed by atoms with Crippen molar-refractivity contribution in [1.29, 1.82) is 0 Å². The Morgan fingerprint density at radius 2 is 1.82 bits per heavy atom. The van der Waals surface area contributed by atoms with Crippen LogP contribution in [0.2, 0.25) is 0 Å². The summed E-state index contributed by atoms with van der Waals surface area (Å²) in [6, 6.07) is 6.80. The van der Waals surface area contributed by atoms with Crippen LogP contribution in [-0.2, 0) is 0 Å². The smallest absolute Gasteiger partial charge is 0.277 e. The first-order valence-corrected chi connectivity index (χ1v) is 12.6. The van der Waals surface area contributed by atoms with Crippen molar-refractivity contribution < 1.29 is 4.74 Å². The van der Waals surface area contributed by atoms with Crippen molar-refractivity contribution in [2.75, 3.05) is 39.2 Å². The number of imidazole rings is 1. The van der Waals surface area contributed by atoms with Crippen molar-refractivity contribution >= 4 is 11.2 Å². The molecule has 1 N–H and O–H groups in total. The van der Waals surface area contributed by atoms with Gasteiger partial charge in [0.05, 0.1) is 18.4 Å². The fourth-order valence-electron chi connectivity index (χ4n) is 5.67. The highest BCUT2D eigenvalue weighted by Gasteiger charge is 2.25. The van der Waals surface area contributed by atoms with E-state index >= 15 is 0 Å². The number of aromatic nitrogens is 4. The van der Waals surface area contributed by atoms with Crippen LogP contribution in [-0.4, -0.2) is 64.8 Å². The molecule has 5 rings (SSSR count). The number of aryl methyl sites for hydroxylation is 1. The SMILES string of the molecule is COc1cc(N2CCC(N(C)C)CC2)ccc1-c1nn2c(C)nc(C3CCCCC3)c2c(=O)[nH]1. The zero-order valence-corrected chi connectivity index (χ0v) is 20.8. The molecule has 1 aliphatic carbocycles. The first-order valence-electron chi connectivity index (χ1n) is 12.6. The van der Waals surface area contributed by atoms with Gasteiger partial charge >= 0.3 is 0 Å². The normalized spacial score (nSPS) is 18.2. The maximum Gasteiger partial charge on any atom is 0.277 e. The van der Waals surface area contributed by atoms with E-state index in [0.29, 0.717) is 29.1 Å². The third kappa shape index (κ3) is 4.19. The molecule has 0 amide bonds. The van der Waals surface area contributed by atoms with Gasteiger partial charge in [0.1, 0.15) is 11.6 Å². The number of fused-ring (bicyclic) bond motifs is 1. The van der Waals surface area contributed by atoms with Gasteiger partial charge in [0.25, 0.3) is 5.56 Å². The molecule has 8 heteroatoms. The summed E-state index contributed by atoms with van der Waals surface area (Å²) in [5.41, 5.74) is 3.27. The molecule has 2 aromatic heterocycles. The molecule has 1 saturated carbocycles. The molecule has 1 aliphatic heterocycles. The van der Waals surface area contributed by atoms with Crippen molar-refractivity contribution in [3.63, 3.8) is 0 Å². The molecular formula is C26H36N6O2. The van der Waals surface area contributed by atoms with Crippen molar-refractivity contribution in [3.8, 4) is 17.1 Å².